The average Bonchev–Trinajstić information content (AvgIpc) is 3.33. The quantitative estimate of drug-likeness (QED) is 0.565. The average molecular weight is 380 g/mol. The van der Waals surface area contributed by atoms with Crippen molar-refractivity contribution in [2.45, 2.75) is 6.54 Å². The molecular formula is C18H13FN6O3. The lowest BCUT2D eigenvalue weighted by molar-refractivity contribution is 0.210. The van der Waals surface area contributed by atoms with Crippen LogP contribution in [0, 0.1) is 5.82 Å². The molecule has 0 aliphatic carbocycles. The number of carbonyl (C=O) groups excluding carboxylic acids is 1. The van der Waals surface area contributed by atoms with Crippen molar-refractivity contribution in [2.24, 2.45) is 5.73 Å². The van der Waals surface area contributed by atoms with Gasteiger partial charge in [0.05, 0.1) is 24.6 Å². The van der Waals surface area contributed by atoms with Gasteiger partial charge in [-0.15, -0.1) is 0 Å². The van der Waals surface area contributed by atoms with E-state index in [0.717, 1.165) is 0 Å². The Hall–Kier alpha value is -4.08. The molecular weight excluding hydrogens is 367 g/mol. The van der Waals surface area contributed by atoms with Crippen LogP contribution in [0.15, 0.2) is 59.6 Å². The Morgan fingerprint density at radius 1 is 1.18 bits per heavy atom. The third kappa shape index (κ3) is 3.56. The minimum atomic E-state index is -0.959. The van der Waals surface area contributed by atoms with Crippen LogP contribution in [0.5, 0.6) is 5.75 Å². The van der Waals surface area contributed by atoms with E-state index < -0.39 is 6.09 Å². The molecule has 3 heterocycles. The highest BCUT2D eigenvalue weighted by molar-refractivity contribution is 5.68. The van der Waals surface area contributed by atoms with E-state index in [9.17, 15) is 9.18 Å². The van der Waals surface area contributed by atoms with Gasteiger partial charge in [0.2, 0.25) is 0 Å². The van der Waals surface area contributed by atoms with Crippen LogP contribution in [-0.2, 0) is 6.54 Å². The molecule has 0 fully saturated rings. The number of ether oxygens (including phenoxy) is 1. The van der Waals surface area contributed by atoms with Gasteiger partial charge < -0.3 is 15.0 Å². The van der Waals surface area contributed by atoms with Crippen LogP contribution < -0.4 is 10.5 Å². The molecule has 0 aliphatic heterocycles. The lowest BCUT2D eigenvalue weighted by Gasteiger charge is -2.06. The summed E-state index contributed by atoms with van der Waals surface area (Å²) in [4.78, 5) is 19.0. The molecule has 0 saturated carbocycles. The fraction of sp³-hybridized carbons (Fsp3) is 0.0556. The zero-order valence-electron chi connectivity index (χ0n) is 14.3. The fourth-order valence-electron chi connectivity index (χ4n) is 2.60. The summed E-state index contributed by atoms with van der Waals surface area (Å²) in [7, 11) is 0. The first-order valence-corrected chi connectivity index (χ1v) is 8.12. The van der Waals surface area contributed by atoms with Gasteiger partial charge in [-0.2, -0.15) is 5.10 Å². The van der Waals surface area contributed by atoms with Crippen molar-refractivity contribution in [3.8, 4) is 28.7 Å². The summed E-state index contributed by atoms with van der Waals surface area (Å²) in [6, 6.07) is 9.81. The number of hydrogen-bond acceptors (Lipinski definition) is 7. The van der Waals surface area contributed by atoms with Crippen molar-refractivity contribution in [3.05, 3.63) is 66.4 Å². The van der Waals surface area contributed by atoms with Crippen LogP contribution in [-0.4, -0.2) is 31.0 Å². The van der Waals surface area contributed by atoms with E-state index in [0.29, 0.717) is 22.6 Å². The lowest BCUT2D eigenvalue weighted by atomic mass is 10.2. The number of nitrogens with zero attached hydrogens (tertiary/aromatic N) is 5. The van der Waals surface area contributed by atoms with Crippen LogP contribution in [0.3, 0.4) is 0 Å². The molecule has 0 bridgehead atoms. The maximum absolute atomic E-state index is 14.1. The number of amides is 1. The Kier molecular flexibility index (Phi) is 4.50. The van der Waals surface area contributed by atoms with Crippen molar-refractivity contribution in [1.29, 1.82) is 0 Å². The fourth-order valence-corrected chi connectivity index (χ4v) is 2.60. The van der Waals surface area contributed by atoms with Gasteiger partial charge in [0, 0.05) is 11.6 Å². The number of benzene rings is 1. The summed E-state index contributed by atoms with van der Waals surface area (Å²) in [5.41, 5.74) is 6.99. The Balaban J connectivity index is 1.71. The molecule has 4 rings (SSSR count). The molecule has 2 N–H and O–H groups in total. The molecule has 0 unspecified atom stereocenters. The smallest absolute Gasteiger partial charge is 0.407 e. The monoisotopic (exact) mass is 380 g/mol. The second kappa shape index (κ2) is 7.27. The van der Waals surface area contributed by atoms with Crippen LogP contribution in [0.2, 0.25) is 0 Å². The maximum atomic E-state index is 14.1. The molecule has 9 nitrogen and oxygen atoms in total. The summed E-state index contributed by atoms with van der Waals surface area (Å²) in [5.74, 6) is 0.0578. The van der Waals surface area contributed by atoms with Gasteiger partial charge in [0.25, 0.3) is 0 Å². The standard InChI is InChI=1S/C18H13FN6O3/c19-13-4-2-1-3-11(13)10-25-16(14-5-6-27-24-14)7-15(23-25)17-21-8-12(9-22-17)28-18(20)26/h1-9H,10H2,(H2,20,26). The van der Waals surface area contributed by atoms with E-state index in [2.05, 4.69) is 20.2 Å². The molecule has 1 aromatic carbocycles. The topological polar surface area (TPSA) is 122 Å². The second-order valence-corrected chi connectivity index (χ2v) is 5.71. The number of halogens is 1. The van der Waals surface area contributed by atoms with Gasteiger partial charge in [0.15, 0.2) is 11.6 Å². The highest BCUT2D eigenvalue weighted by Gasteiger charge is 2.17. The highest BCUT2D eigenvalue weighted by atomic mass is 19.1. The summed E-state index contributed by atoms with van der Waals surface area (Å²) >= 11 is 0. The molecule has 0 radical (unpaired) electrons. The van der Waals surface area contributed by atoms with E-state index in [1.807, 2.05) is 0 Å². The van der Waals surface area contributed by atoms with E-state index in [1.54, 1.807) is 35.0 Å². The molecule has 0 atom stereocenters. The summed E-state index contributed by atoms with van der Waals surface area (Å²) in [6.45, 7) is 0.178. The molecule has 1 amide bonds. The SMILES string of the molecule is NC(=O)Oc1cnc(-c2cc(-c3ccon3)n(Cc3ccccc3F)n2)nc1. The van der Waals surface area contributed by atoms with Gasteiger partial charge in [-0.05, 0) is 12.1 Å². The van der Waals surface area contributed by atoms with Crippen LogP contribution in [0.4, 0.5) is 9.18 Å². The van der Waals surface area contributed by atoms with Crippen molar-refractivity contribution < 1.29 is 18.4 Å². The number of aromatic nitrogens is 5. The lowest BCUT2D eigenvalue weighted by Crippen LogP contribution is -2.16. The normalized spacial score (nSPS) is 10.8. The molecule has 0 spiro atoms. The van der Waals surface area contributed by atoms with Gasteiger partial charge in [-0.3, -0.25) is 4.68 Å². The van der Waals surface area contributed by atoms with Crippen LogP contribution in [0.25, 0.3) is 22.9 Å². The first kappa shape index (κ1) is 17.3. The number of rotatable bonds is 5. The molecule has 0 aliphatic rings. The maximum Gasteiger partial charge on any atom is 0.410 e. The molecule has 0 saturated heterocycles. The van der Waals surface area contributed by atoms with Gasteiger partial charge in [-0.25, -0.2) is 19.2 Å². The molecule has 10 heteroatoms. The third-order valence-corrected chi connectivity index (χ3v) is 3.83. The zero-order valence-corrected chi connectivity index (χ0v) is 14.3. The van der Waals surface area contributed by atoms with Gasteiger partial charge in [0.1, 0.15) is 23.5 Å². The Bertz CT molecular complexity index is 1110. The van der Waals surface area contributed by atoms with Crippen molar-refractivity contribution in [2.75, 3.05) is 0 Å². The van der Waals surface area contributed by atoms with Crippen molar-refractivity contribution in [3.63, 3.8) is 0 Å². The Morgan fingerprint density at radius 3 is 2.64 bits per heavy atom. The summed E-state index contributed by atoms with van der Waals surface area (Å²) < 4.78 is 25.3. The number of carbonyl (C=O) groups is 1. The molecule has 4 aromatic rings. The summed E-state index contributed by atoms with van der Waals surface area (Å²) in [6.07, 6.45) is 3.08. The molecule has 3 aromatic heterocycles. The van der Waals surface area contributed by atoms with E-state index >= 15 is 0 Å². The second-order valence-electron chi connectivity index (χ2n) is 5.71. The van der Waals surface area contributed by atoms with Crippen LogP contribution >= 0.6 is 0 Å². The van der Waals surface area contributed by atoms with E-state index in [4.69, 9.17) is 15.0 Å². The highest BCUT2D eigenvalue weighted by Crippen LogP contribution is 2.25. The van der Waals surface area contributed by atoms with Crippen molar-refractivity contribution >= 4 is 6.09 Å². The predicted molar refractivity (Wildman–Crippen MR) is 94.5 cm³/mol. The van der Waals surface area contributed by atoms with Gasteiger partial charge in [-0.1, -0.05) is 23.4 Å². The number of nitrogens with two attached hydrogens (primary N) is 1. The minimum absolute atomic E-state index is 0.110. The molecule has 140 valence electrons. The Morgan fingerprint density at radius 2 is 1.96 bits per heavy atom. The predicted octanol–water partition coefficient (Wildman–Crippen LogP) is 2.64. The first-order chi connectivity index (χ1) is 13.6. The van der Waals surface area contributed by atoms with Crippen LogP contribution in [0.1, 0.15) is 5.56 Å². The van der Waals surface area contributed by atoms with Gasteiger partial charge >= 0.3 is 6.09 Å². The van der Waals surface area contributed by atoms with E-state index in [-0.39, 0.29) is 23.9 Å². The number of primary amides is 1. The minimum Gasteiger partial charge on any atom is -0.407 e. The Labute approximate surface area is 157 Å². The zero-order chi connectivity index (χ0) is 19.5. The molecule has 28 heavy (non-hydrogen) atoms. The third-order valence-electron chi connectivity index (χ3n) is 3.83. The van der Waals surface area contributed by atoms with Crippen molar-refractivity contribution in [1.82, 2.24) is 24.9 Å². The van der Waals surface area contributed by atoms with E-state index in [1.165, 1.54) is 24.7 Å². The number of hydrogen-bond donors (Lipinski definition) is 1. The largest absolute Gasteiger partial charge is 0.410 e. The summed E-state index contributed by atoms with van der Waals surface area (Å²) in [5, 5.41) is 8.40. The first-order valence-electron chi connectivity index (χ1n) is 8.12.